The second-order valence-corrected chi connectivity index (χ2v) is 9.49. The van der Waals surface area contributed by atoms with Crippen molar-refractivity contribution in [2.45, 2.75) is 16.7 Å². The highest BCUT2D eigenvalue weighted by molar-refractivity contribution is 8.03. The number of aryl methyl sites for hydroxylation is 1. The first kappa shape index (κ1) is 21.2. The molecule has 0 spiro atoms. The SMILES string of the molecule is Cc1ccc(S(=O)(=O)/C(=C\Sc2ccc(Cl)cc2)NC(=O)c2ccccc2)cc1. The third-order valence-electron chi connectivity index (χ3n) is 4.01. The number of amides is 1. The van der Waals surface area contributed by atoms with Crippen molar-refractivity contribution in [3.8, 4) is 0 Å². The Kier molecular flexibility index (Phi) is 6.79. The van der Waals surface area contributed by atoms with E-state index in [1.807, 2.05) is 6.92 Å². The molecular formula is C22H18ClNO3S2. The van der Waals surface area contributed by atoms with Crippen LogP contribution in [0.3, 0.4) is 0 Å². The molecule has 0 aliphatic rings. The van der Waals surface area contributed by atoms with E-state index < -0.39 is 15.7 Å². The Bertz CT molecular complexity index is 1120. The molecule has 3 rings (SSSR count). The molecular weight excluding hydrogens is 426 g/mol. The summed E-state index contributed by atoms with van der Waals surface area (Å²) in [5.41, 5.74) is 1.31. The first-order chi connectivity index (χ1) is 13.9. The van der Waals surface area contributed by atoms with Gasteiger partial charge in [0.15, 0.2) is 0 Å². The van der Waals surface area contributed by atoms with Crippen molar-refractivity contribution in [2.24, 2.45) is 0 Å². The van der Waals surface area contributed by atoms with E-state index in [4.69, 9.17) is 11.6 Å². The molecule has 0 aromatic heterocycles. The van der Waals surface area contributed by atoms with Crippen LogP contribution in [-0.4, -0.2) is 14.3 Å². The first-order valence-electron chi connectivity index (χ1n) is 8.67. The zero-order valence-electron chi connectivity index (χ0n) is 15.5. The van der Waals surface area contributed by atoms with Crippen molar-refractivity contribution in [2.75, 3.05) is 0 Å². The van der Waals surface area contributed by atoms with E-state index in [1.54, 1.807) is 66.7 Å². The van der Waals surface area contributed by atoms with Crippen LogP contribution in [0.5, 0.6) is 0 Å². The van der Waals surface area contributed by atoms with Crippen molar-refractivity contribution in [1.82, 2.24) is 5.32 Å². The molecule has 148 valence electrons. The molecule has 0 heterocycles. The quantitative estimate of drug-likeness (QED) is 0.515. The predicted molar refractivity (Wildman–Crippen MR) is 118 cm³/mol. The van der Waals surface area contributed by atoms with Crippen molar-refractivity contribution in [3.63, 3.8) is 0 Å². The number of hydrogen-bond donors (Lipinski definition) is 1. The van der Waals surface area contributed by atoms with Crippen LogP contribution in [-0.2, 0) is 9.84 Å². The molecule has 3 aromatic carbocycles. The molecule has 0 saturated heterocycles. The molecule has 7 heteroatoms. The molecule has 3 aromatic rings. The summed E-state index contributed by atoms with van der Waals surface area (Å²) >= 11 is 7.08. The monoisotopic (exact) mass is 443 g/mol. The lowest BCUT2D eigenvalue weighted by Crippen LogP contribution is -2.27. The molecule has 0 bridgehead atoms. The van der Waals surface area contributed by atoms with E-state index in [0.717, 1.165) is 10.5 Å². The molecule has 0 fully saturated rings. The second-order valence-electron chi connectivity index (χ2n) is 6.19. The molecule has 0 aliphatic heterocycles. The lowest BCUT2D eigenvalue weighted by Gasteiger charge is -2.12. The minimum Gasteiger partial charge on any atom is -0.312 e. The summed E-state index contributed by atoms with van der Waals surface area (Å²) in [6, 6.07) is 21.9. The van der Waals surface area contributed by atoms with Gasteiger partial charge in [0.25, 0.3) is 5.91 Å². The average Bonchev–Trinajstić information content (AvgIpc) is 2.73. The van der Waals surface area contributed by atoms with Gasteiger partial charge in [-0.1, -0.05) is 59.3 Å². The number of carbonyl (C=O) groups excluding carboxylic acids is 1. The van der Waals surface area contributed by atoms with Crippen LogP contribution in [0.15, 0.2) is 99.1 Å². The highest BCUT2D eigenvalue weighted by Gasteiger charge is 2.23. The number of rotatable bonds is 6. The molecule has 0 radical (unpaired) electrons. The Hall–Kier alpha value is -2.54. The Labute approximate surface area is 179 Å². The number of nitrogens with one attached hydrogen (secondary N) is 1. The molecule has 0 unspecified atom stereocenters. The van der Waals surface area contributed by atoms with E-state index in [-0.39, 0.29) is 9.92 Å². The summed E-state index contributed by atoms with van der Waals surface area (Å²) < 4.78 is 26.3. The fraction of sp³-hybridized carbons (Fsp3) is 0.0455. The maximum Gasteiger partial charge on any atom is 0.256 e. The Morgan fingerprint density at radius 3 is 2.17 bits per heavy atom. The average molecular weight is 444 g/mol. The lowest BCUT2D eigenvalue weighted by atomic mass is 10.2. The normalized spacial score (nSPS) is 11.9. The predicted octanol–water partition coefficient (Wildman–Crippen LogP) is 5.44. The van der Waals surface area contributed by atoms with Gasteiger partial charge in [0, 0.05) is 20.9 Å². The van der Waals surface area contributed by atoms with Gasteiger partial charge in [-0.05, 0) is 55.5 Å². The Morgan fingerprint density at radius 1 is 0.931 bits per heavy atom. The van der Waals surface area contributed by atoms with Crippen LogP contribution in [0.2, 0.25) is 5.02 Å². The molecule has 0 aliphatic carbocycles. The van der Waals surface area contributed by atoms with E-state index >= 15 is 0 Å². The number of sulfone groups is 1. The second kappa shape index (κ2) is 9.31. The number of hydrogen-bond acceptors (Lipinski definition) is 4. The fourth-order valence-corrected chi connectivity index (χ4v) is 4.76. The molecule has 1 amide bonds. The van der Waals surface area contributed by atoms with Gasteiger partial charge in [0.1, 0.15) is 5.03 Å². The maximum atomic E-state index is 13.2. The van der Waals surface area contributed by atoms with Crippen LogP contribution in [0.25, 0.3) is 0 Å². The number of thioether (sulfide) groups is 1. The zero-order valence-corrected chi connectivity index (χ0v) is 17.9. The Balaban J connectivity index is 1.95. The van der Waals surface area contributed by atoms with Gasteiger partial charge in [0.2, 0.25) is 9.84 Å². The third-order valence-corrected chi connectivity index (χ3v) is 7.00. The highest BCUT2D eigenvalue weighted by Crippen LogP contribution is 2.26. The Morgan fingerprint density at radius 2 is 1.55 bits per heavy atom. The van der Waals surface area contributed by atoms with E-state index in [0.29, 0.717) is 10.6 Å². The van der Waals surface area contributed by atoms with E-state index in [9.17, 15) is 13.2 Å². The van der Waals surface area contributed by atoms with Gasteiger partial charge in [-0.15, -0.1) is 0 Å². The third kappa shape index (κ3) is 5.50. The van der Waals surface area contributed by atoms with Crippen LogP contribution >= 0.6 is 23.4 Å². The van der Waals surface area contributed by atoms with Crippen molar-refractivity contribution in [3.05, 3.63) is 105 Å². The highest BCUT2D eigenvalue weighted by atomic mass is 35.5. The van der Waals surface area contributed by atoms with Gasteiger partial charge in [-0.3, -0.25) is 4.79 Å². The number of halogens is 1. The fourth-order valence-electron chi connectivity index (χ4n) is 2.41. The van der Waals surface area contributed by atoms with Crippen LogP contribution < -0.4 is 5.32 Å². The summed E-state index contributed by atoms with van der Waals surface area (Å²) in [7, 11) is -3.92. The standard InChI is InChI=1S/C22H18ClNO3S2/c1-16-7-13-20(14-8-16)29(26,27)21(15-28-19-11-9-18(23)10-12-19)24-22(25)17-5-3-2-4-6-17/h2-15H,1H3,(H,24,25)/b21-15-. The smallest absolute Gasteiger partial charge is 0.256 e. The van der Waals surface area contributed by atoms with Crippen molar-refractivity contribution < 1.29 is 13.2 Å². The van der Waals surface area contributed by atoms with Crippen LogP contribution in [0.1, 0.15) is 15.9 Å². The summed E-state index contributed by atoms with van der Waals surface area (Å²) in [5, 5.41) is 4.39. The molecule has 0 saturated carbocycles. The van der Waals surface area contributed by atoms with Gasteiger partial charge in [-0.2, -0.15) is 0 Å². The van der Waals surface area contributed by atoms with Crippen molar-refractivity contribution >= 4 is 39.1 Å². The van der Waals surface area contributed by atoms with Gasteiger partial charge < -0.3 is 5.32 Å². The lowest BCUT2D eigenvalue weighted by molar-refractivity contribution is 0.0968. The molecule has 1 N–H and O–H groups in total. The van der Waals surface area contributed by atoms with Crippen LogP contribution in [0, 0.1) is 6.92 Å². The van der Waals surface area contributed by atoms with Gasteiger partial charge >= 0.3 is 0 Å². The molecule has 0 atom stereocenters. The molecule has 29 heavy (non-hydrogen) atoms. The summed E-state index contributed by atoms with van der Waals surface area (Å²) in [6.07, 6.45) is 0. The van der Waals surface area contributed by atoms with E-state index in [1.165, 1.54) is 29.3 Å². The number of carbonyl (C=O) groups is 1. The summed E-state index contributed by atoms with van der Waals surface area (Å²) in [5.74, 6) is -0.496. The largest absolute Gasteiger partial charge is 0.312 e. The van der Waals surface area contributed by atoms with Crippen LogP contribution in [0.4, 0.5) is 0 Å². The van der Waals surface area contributed by atoms with Crippen molar-refractivity contribution in [1.29, 1.82) is 0 Å². The maximum absolute atomic E-state index is 13.2. The minimum absolute atomic E-state index is 0.111. The van der Waals surface area contributed by atoms with E-state index in [2.05, 4.69) is 5.32 Å². The number of benzene rings is 3. The summed E-state index contributed by atoms with van der Waals surface area (Å²) in [6.45, 7) is 1.88. The van der Waals surface area contributed by atoms with Gasteiger partial charge in [0.05, 0.1) is 4.90 Å². The van der Waals surface area contributed by atoms with Gasteiger partial charge in [-0.25, -0.2) is 8.42 Å². The molecule has 4 nitrogen and oxygen atoms in total. The first-order valence-corrected chi connectivity index (χ1v) is 11.4. The zero-order chi connectivity index (χ0) is 20.9. The minimum atomic E-state index is -3.92. The summed E-state index contributed by atoms with van der Waals surface area (Å²) in [4.78, 5) is 13.5. The topological polar surface area (TPSA) is 63.2 Å².